The third-order valence-corrected chi connectivity index (χ3v) is 6.31. The van der Waals surface area contributed by atoms with Crippen molar-refractivity contribution >= 4 is 26.9 Å². The monoisotopic (exact) mass is 402 g/mol. The van der Waals surface area contributed by atoms with Gasteiger partial charge in [0.15, 0.2) is 15.3 Å². The Morgan fingerprint density at radius 2 is 2.11 bits per heavy atom. The van der Waals surface area contributed by atoms with Crippen molar-refractivity contribution in [3.63, 3.8) is 0 Å². The fraction of sp³-hybridized carbons (Fsp3) is 0.222. The molecule has 3 aromatic rings. The van der Waals surface area contributed by atoms with E-state index < -0.39 is 10.4 Å². The van der Waals surface area contributed by atoms with Crippen LogP contribution < -0.4 is 9.46 Å². The third-order valence-electron chi connectivity index (χ3n) is 4.24. The molecule has 1 aliphatic heterocycles. The van der Waals surface area contributed by atoms with Gasteiger partial charge in [0.25, 0.3) is 0 Å². The van der Waals surface area contributed by atoms with E-state index >= 15 is 0 Å². The number of nitrogens with zero attached hydrogens (tertiary/aromatic N) is 3. The molecular formula is C18H18N4O3S2. The van der Waals surface area contributed by atoms with Crippen molar-refractivity contribution in [1.82, 2.24) is 15.1 Å². The van der Waals surface area contributed by atoms with Gasteiger partial charge in [-0.1, -0.05) is 45.9 Å². The number of hydrogen-bond donors (Lipinski definition) is 1. The second-order valence-corrected chi connectivity index (χ2v) is 8.68. The number of ether oxygens (including phenoxy) is 1. The molecule has 27 heavy (non-hydrogen) atoms. The van der Waals surface area contributed by atoms with Crippen LogP contribution in [0.5, 0.6) is 5.75 Å². The van der Waals surface area contributed by atoms with E-state index in [0.29, 0.717) is 18.9 Å². The van der Waals surface area contributed by atoms with Gasteiger partial charge in [-0.2, -0.15) is 4.72 Å². The Balaban J connectivity index is 1.52. The zero-order chi connectivity index (χ0) is 18.7. The average molecular weight is 403 g/mol. The van der Waals surface area contributed by atoms with Crippen molar-refractivity contribution < 1.29 is 13.5 Å². The van der Waals surface area contributed by atoms with Gasteiger partial charge in [-0.25, -0.2) is 0 Å². The quantitative estimate of drug-likeness (QED) is 0.660. The van der Waals surface area contributed by atoms with Crippen LogP contribution in [-0.2, 0) is 27.7 Å². The minimum absolute atomic E-state index is 0.146. The normalized spacial score (nSPS) is 16.6. The van der Waals surface area contributed by atoms with Gasteiger partial charge in [0, 0.05) is 31.3 Å². The van der Waals surface area contributed by atoms with Crippen molar-refractivity contribution in [2.24, 2.45) is 0 Å². The first-order valence-corrected chi connectivity index (χ1v) is 10.8. The summed E-state index contributed by atoms with van der Waals surface area (Å²) in [7, 11) is -3.73. The Kier molecular flexibility index (Phi) is 5.17. The first kappa shape index (κ1) is 18.1. The zero-order valence-electron chi connectivity index (χ0n) is 14.4. The fourth-order valence-electron chi connectivity index (χ4n) is 2.94. The molecule has 0 saturated heterocycles. The van der Waals surface area contributed by atoms with E-state index in [1.54, 1.807) is 12.1 Å². The average Bonchev–Trinajstić information content (AvgIpc) is 3.07. The molecule has 4 rings (SSSR count). The molecule has 1 atom stereocenters. The second-order valence-electron chi connectivity index (χ2n) is 6.16. The topological polar surface area (TPSA) is 90.4 Å². The van der Waals surface area contributed by atoms with Crippen LogP contribution in [0.25, 0.3) is 0 Å². The van der Waals surface area contributed by atoms with E-state index in [9.17, 15) is 8.76 Å². The standard InChI is InChI=1S/C18H18N4O3S2/c23-27(24,21-18-20-19-13-26-18)16-7-6-15-12-22(8-9-25-17(15)10-16)11-14-4-2-1-3-5-14/h1-7,10,13H,8-9,11-12H2,(H-,20,21,23,24). The van der Waals surface area contributed by atoms with Crippen LogP contribution >= 0.6 is 11.3 Å². The highest BCUT2D eigenvalue weighted by Crippen LogP contribution is 2.30. The number of rotatable bonds is 5. The molecule has 2 aromatic carbocycles. The summed E-state index contributed by atoms with van der Waals surface area (Å²) in [6.45, 7) is 2.80. The van der Waals surface area contributed by atoms with Crippen LogP contribution in [0.2, 0.25) is 0 Å². The predicted octanol–water partition coefficient (Wildman–Crippen LogP) is 2.95. The lowest BCUT2D eigenvalue weighted by Gasteiger charge is -2.19. The highest BCUT2D eigenvalue weighted by molar-refractivity contribution is 7.99. The molecule has 9 heteroatoms. The number of aromatic nitrogens is 2. The van der Waals surface area contributed by atoms with Crippen LogP contribution in [0.1, 0.15) is 11.1 Å². The Morgan fingerprint density at radius 1 is 1.26 bits per heavy atom. The molecule has 0 saturated carbocycles. The van der Waals surface area contributed by atoms with E-state index in [-0.39, 0.29) is 10.0 Å². The van der Waals surface area contributed by atoms with Gasteiger partial charge < -0.3 is 9.29 Å². The highest BCUT2D eigenvalue weighted by atomic mass is 32.3. The van der Waals surface area contributed by atoms with Gasteiger partial charge in [-0.15, -0.1) is 10.2 Å². The maximum absolute atomic E-state index is 12.5. The maximum Gasteiger partial charge on any atom is 0.247 e. The first-order valence-electron chi connectivity index (χ1n) is 8.41. The molecule has 0 radical (unpaired) electrons. The van der Waals surface area contributed by atoms with Gasteiger partial charge in [-0.05, 0) is 17.7 Å². The summed E-state index contributed by atoms with van der Waals surface area (Å²) < 4.78 is 33.3. The van der Waals surface area contributed by atoms with E-state index in [1.165, 1.54) is 11.1 Å². The number of hydrogen-bond acceptors (Lipinski definition) is 7. The van der Waals surface area contributed by atoms with Crippen LogP contribution in [0, 0.1) is 0 Å². The number of benzene rings is 2. The van der Waals surface area contributed by atoms with Crippen molar-refractivity contribution in [2.75, 3.05) is 17.9 Å². The number of anilines is 1. The number of sulfonamides is 1. The molecule has 1 aromatic heterocycles. The van der Waals surface area contributed by atoms with Crippen molar-refractivity contribution in [3.8, 4) is 5.75 Å². The molecule has 0 spiro atoms. The lowest BCUT2D eigenvalue weighted by molar-refractivity contribution is 0.219. The van der Waals surface area contributed by atoms with Crippen molar-refractivity contribution in [2.45, 2.75) is 18.0 Å². The SMILES string of the molecule is O=[S+]([O-])(Nc1nncs1)c1ccc2c(c1)OCCN(Cc1ccccc1)C2. The van der Waals surface area contributed by atoms with E-state index in [4.69, 9.17) is 4.74 Å². The molecule has 1 aliphatic rings. The molecular weight excluding hydrogens is 384 g/mol. The molecule has 0 fully saturated rings. The van der Waals surface area contributed by atoms with Crippen LogP contribution in [0.15, 0.2) is 58.9 Å². The van der Waals surface area contributed by atoms with Gasteiger partial charge in [0.05, 0.1) is 0 Å². The van der Waals surface area contributed by atoms with Crippen LogP contribution in [0.3, 0.4) is 0 Å². The molecule has 1 unspecified atom stereocenters. The smallest absolute Gasteiger partial charge is 0.247 e. The Hall–Kier alpha value is -2.33. The van der Waals surface area contributed by atoms with Gasteiger partial charge in [0.1, 0.15) is 17.9 Å². The van der Waals surface area contributed by atoms with Gasteiger partial charge in [-0.3, -0.25) is 4.90 Å². The largest absolute Gasteiger partial charge is 0.588 e. The molecule has 1 N–H and O–H groups in total. The van der Waals surface area contributed by atoms with Crippen LogP contribution in [-0.4, -0.2) is 32.8 Å². The van der Waals surface area contributed by atoms with Crippen molar-refractivity contribution in [3.05, 3.63) is 65.2 Å². The van der Waals surface area contributed by atoms with E-state index in [1.807, 2.05) is 24.3 Å². The lowest BCUT2D eigenvalue weighted by Crippen LogP contribution is -2.25. The summed E-state index contributed by atoms with van der Waals surface area (Å²) in [6, 6.07) is 15.2. The van der Waals surface area contributed by atoms with Gasteiger partial charge >= 0.3 is 0 Å². The molecule has 0 bridgehead atoms. The summed E-state index contributed by atoms with van der Waals surface area (Å²) in [6.07, 6.45) is 0. The summed E-state index contributed by atoms with van der Waals surface area (Å²) in [5, 5.41) is 7.59. The van der Waals surface area contributed by atoms with E-state index in [2.05, 4.69) is 32.0 Å². The summed E-state index contributed by atoms with van der Waals surface area (Å²) in [5.74, 6) is 0.603. The first-order chi connectivity index (χ1) is 13.1. The predicted molar refractivity (Wildman–Crippen MR) is 103 cm³/mol. The highest BCUT2D eigenvalue weighted by Gasteiger charge is 2.25. The summed E-state index contributed by atoms with van der Waals surface area (Å²) >= 11 is 1.13. The Bertz CT molecular complexity index is 951. The fourth-order valence-corrected chi connectivity index (χ4v) is 4.65. The number of nitrogens with one attached hydrogen (secondary N) is 1. The molecule has 2 heterocycles. The molecule has 0 amide bonds. The van der Waals surface area contributed by atoms with Gasteiger partial charge in [0.2, 0.25) is 5.13 Å². The molecule has 140 valence electrons. The van der Waals surface area contributed by atoms with Crippen molar-refractivity contribution in [1.29, 1.82) is 0 Å². The second kappa shape index (κ2) is 7.73. The Labute approximate surface area is 162 Å². The molecule has 7 nitrogen and oxygen atoms in total. The number of fused-ring (bicyclic) bond motifs is 1. The lowest BCUT2D eigenvalue weighted by atomic mass is 10.1. The Morgan fingerprint density at radius 3 is 2.89 bits per heavy atom. The summed E-state index contributed by atoms with van der Waals surface area (Å²) in [5.41, 5.74) is 3.68. The third kappa shape index (κ3) is 4.33. The van der Waals surface area contributed by atoms with E-state index in [0.717, 1.165) is 30.0 Å². The maximum atomic E-state index is 12.5. The molecule has 0 aliphatic carbocycles. The van der Waals surface area contributed by atoms with Crippen LogP contribution in [0.4, 0.5) is 5.13 Å². The minimum Gasteiger partial charge on any atom is -0.588 e. The summed E-state index contributed by atoms with van der Waals surface area (Å²) in [4.78, 5) is 2.43. The zero-order valence-corrected chi connectivity index (χ0v) is 16.0. The minimum atomic E-state index is -3.73.